The van der Waals surface area contributed by atoms with Crippen LogP contribution in [-0.2, 0) is 4.74 Å². The molecule has 0 aliphatic rings. The number of hydrogen-bond donors (Lipinski definition) is 0. The Morgan fingerprint density at radius 3 is 1.44 bits per heavy atom. The van der Waals surface area contributed by atoms with Gasteiger partial charge < -0.3 is 9.64 Å². The normalized spacial score (nSPS) is 12.2. The topological polar surface area (TPSA) is 12.5 Å². The summed E-state index contributed by atoms with van der Waals surface area (Å²) in [5, 5.41) is 5.07. The third kappa shape index (κ3) is 3.95. The van der Waals surface area contributed by atoms with Crippen LogP contribution < -0.4 is 4.90 Å². The van der Waals surface area contributed by atoms with Gasteiger partial charge in [0.25, 0.3) is 0 Å². The zero-order valence-electron chi connectivity index (χ0n) is 20.4. The minimum Gasteiger partial charge on any atom is -0.384 e. The first-order valence-corrected chi connectivity index (χ1v) is 11.9. The fourth-order valence-corrected chi connectivity index (χ4v) is 5.04. The number of nitrogens with zero attached hydrogens (tertiary/aromatic N) is 1. The number of anilines is 3. The van der Waals surface area contributed by atoms with Crippen molar-refractivity contribution >= 4 is 38.6 Å². The van der Waals surface area contributed by atoms with E-state index in [1.54, 1.807) is 7.11 Å². The van der Waals surface area contributed by atoms with Crippen molar-refractivity contribution in [3.05, 3.63) is 114 Å². The van der Waals surface area contributed by atoms with E-state index < -0.39 is 0 Å². The predicted molar refractivity (Wildman–Crippen MR) is 146 cm³/mol. The zero-order chi connectivity index (χ0) is 23.7. The van der Waals surface area contributed by atoms with Crippen molar-refractivity contribution in [1.29, 1.82) is 0 Å². The Morgan fingerprint density at radius 2 is 1.03 bits per heavy atom. The molecule has 0 radical (unpaired) electrons. The highest BCUT2D eigenvalue weighted by molar-refractivity contribution is 6.16. The number of benzene rings is 5. The maximum Gasteiger partial charge on any atom is 0.0618 e. The Hall–Kier alpha value is -3.62. The first-order valence-electron chi connectivity index (χ1n) is 11.9. The molecular formula is C32H31NO. The number of aryl methyl sites for hydroxylation is 2. The fraction of sp³-hybridized carbons (Fsp3) is 0.188. The second-order valence-electron chi connectivity index (χ2n) is 9.22. The van der Waals surface area contributed by atoms with Crippen LogP contribution >= 0.6 is 0 Å². The summed E-state index contributed by atoms with van der Waals surface area (Å²) in [6, 6.07) is 35.3. The van der Waals surface area contributed by atoms with Crippen molar-refractivity contribution in [2.24, 2.45) is 0 Å². The molecule has 0 aliphatic heterocycles. The highest BCUT2D eigenvalue weighted by Crippen LogP contribution is 2.46. The molecule has 0 saturated carbocycles. The molecule has 1 atom stereocenters. The molecule has 34 heavy (non-hydrogen) atoms. The van der Waals surface area contributed by atoms with Crippen molar-refractivity contribution in [2.75, 3.05) is 18.6 Å². The lowest BCUT2D eigenvalue weighted by atomic mass is 9.87. The zero-order valence-corrected chi connectivity index (χ0v) is 20.4. The molecule has 1 unspecified atom stereocenters. The lowest BCUT2D eigenvalue weighted by Crippen LogP contribution is -2.12. The Balaban J connectivity index is 1.90. The van der Waals surface area contributed by atoms with E-state index in [2.05, 4.69) is 123 Å². The maximum absolute atomic E-state index is 5.58. The van der Waals surface area contributed by atoms with Gasteiger partial charge in [0.2, 0.25) is 0 Å². The highest BCUT2D eigenvalue weighted by Gasteiger charge is 2.23. The molecule has 0 saturated heterocycles. The quantitative estimate of drug-likeness (QED) is 0.242. The summed E-state index contributed by atoms with van der Waals surface area (Å²) in [6.45, 7) is 7.22. The van der Waals surface area contributed by atoms with Crippen LogP contribution in [0.5, 0.6) is 0 Å². The van der Waals surface area contributed by atoms with Crippen molar-refractivity contribution in [3.8, 4) is 0 Å². The van der Waals surface area contributed by atoms with Crippen LogP contribution in [-0.4, -0.2) is 13.7 Å². The van der Waals surface area contributed by atoms with Gasteiger partial charge in [-0.15, -0.1) is 0 Å². The third-order valence-electron chi connectivity index (χ3n) is 6.66. The average Bonchev–Trinajstić information content (AvgIpc) is 2.86. The molecule has 0 N–H and O–H groups in total. The van der Waals surface area contributed by atoms with Crippen LogP contribution in [0.2, 0.25) is 0 Å². The number of hydrogen-bond acceptors (Lipinski definition) is 2. The van der Waals surface area contributed by atoms with E-state index in [0.29, 0.717) is 6.61 Å². The van der Waals surface area contributed by atoms with Crippen LogP contribution in [0.1, 0.15) is 29.5 Å². The van der Waals surface area contributed by atoms with Gasteiger partial charge in [0.1, 0.15) is 0 Å². The summed E-state index contributed by atoms with van der Waals surface area (Å²) >= 11 is 0. The van der Waals surface area contributed by atoms with E-state index in [-0.39, 0.29) is 5.92 Å². The van der Waals surface area contributed by atoms with Gasteiger partial charge in [0.05, 0.1) is 12.3 Å². The summed E-state index contributed by atoms with van der Waals surface area (Å²) in [4.78, 5) is 2.41. The van der Waals surface area contributed by atoms with Crippen LogP contribution in [0.25, 0.3) is 21.5 Å². The van der Waals surface area contributed by atoms with Gasteiger partial charge in [-0.2, -0.15) is 0 Å². The molecule has 0 heterocycles. The lowest BCUT2D eigenvalue weighted by Gasteiger charge is -2.30. The Morgan fingerprint density at radius 1 is 0.618 bits per heavy atom. The van der Waals surface area contributed by atoms with Crippen LogP contribution in [0.15, 0.2) is 97.1 Å². The van der Waals surface area contributed by atoms with E-state index in [4.69, 9.17) is 4.74 Å². The van der Waals surface area contributed by atoms with E-state index in [1.807, 2.05) is 0 Å². The first kappa shape index (κ1) is 22.2. The minimum atomic E-state index is 0.279. The van der Waals surface area contributed by atoms with Crippen molar-refractivity contribution in [1.82, 2.24) is 0 Å². The number of ether oxygens (including phenoxy) is 1. The van der Waals surface area contributed by atoms with Gasteiger partial charge in [0, 0.05) is 35.2 Å². The van der Waals surface area contributed by atoms with Gasteiger partial charge in [0.15, 0.2) is 0 Å². The molecule has 2 heteroatoms. The minimum absolute atomic E-state index is 0.279. The van der Waals surface area contributed by atoms with Gasteiger partial charge in [-0.3, -0.25) is 0 Å². The van der Waals surface area contributed by atoms with Gasteiger partial charge >= 0.3 is 0 Å². The molecule has 5 aromatic rings. The van der Waals surface area contributed by atoms with E-state index in [0.717, 1.165) is 11.4 Å². The van der Waals surface area contributed by atoms with Crippen LogP contribution in [0, 0.1) is 13.8 Å². The van der Waals surface area contributed by atoms with Gasteiger partial charge in [-0.05, 0) is 54.4 Å². The molecule has 0 aromatic heterocycles. The smallest absolute Gasteiger partial charge is 0.0618 e. The molecule has 5 rings (SSSR count). The van der Waals surface area contributed by atoms with E-state index >= 15 is 0 Å². The fourth-order valence-electron chi connectivity index (χ4n) is 5.04. The summed E-state index contributed by atoms with van der Waals surface area (Å²) in [5.41, 5.74) is 7.39. The van der Waals surface area contributed by atoms with E-state index in [1.165, 1.54) is 43.9 Å². The molecule has 0 bridgehead atoms. The molecular weight excluding hydrogens is 414 g/mol. The number of methoxy groups -OCH3 is 1. The molecule has 170 valence electrons. The first-order chi connectivity index (χ1) is 16.6. The number of rotatable bonds is 6. The third-order valence-corrected chi connectivity index (χ3v) is 6.66. The highest BCUT2D eigenvalue weighted by atomic mass is 16.5. The largest absolute Gasteiger partial charge is 0.384 e. The second kappa shape index (κ2) is 9.32. The summed E-state index contributed by atoms with van der Waals surface area (Å²) in [5.74, 6) is 0.279. The monoisotopic (exact) mass is 445 g/mol. The van der Waals surface area contributed by atoms with E-state index in [9.17, 15) is 0 Å². The molecule has 5 aromatic carbocycles. The SMILES string of the molecule is COCC(C)c1c2ccccc2c(N(c2ccc(C)cc2)c2ccc(C)cc2)c2ccccc12. The molecule has 0 aliphatic carbocycles. The van der Waals surface area contributed by atoms with Crippen molar-refractivity contribution in [3.63, 3.8) is 0 Å². The molecule has 0 spiro atoms. The second-order valence-corrected chi connectivity index (χ2v) is 9.22. The summed E-state index contributed by atoms with van der Waals surface area (Å²) in [6.07, 6.45) is 0. The van der Waals surface area contributed by atoms with Crippen molar-refractivity contribution < 1.29 is 4.74 Å². The Labute approximate surface area is 202 Å². The van der Waals surface area contributed by atoms with Gasteiger partial charge in [-0.1, -0.05) is 90.8 Å². The average molecular weight is 446 g/mol. The Bertz CT molecular complexity index is 1330. The summed E-state index contributed by atoms with van der Waals surface area (Å²) < 4.78 is 5.58. The van der Waals surface area contributed by atoms with Gasteiger partial charge in [-0.25, -0.2) is 0 Å². The number of fused-ring (bicyclic) bond motifs is 2. The molecule has 0 amide bonds. The predicted octanol–water partition coefficient (Wildman–Crippen LogP) is 8.83. The molecule has 0 fully saturated rings. The molecule has 2 nitrogen and oxygen atoms in total. The van der Waals surface area contributed by atoms with Crippen LogP contribution in [0.4, 0.5) is 17.1 Å². The lowest BCUT2D eigenvalue weighted by molar-refractivity contribution is 0.185. The van der Waals surface area contributed by atoms with Crippen molar-refractivity contribution in [2.45, 2.75) is 26.7 Å². The Kier molecular flexibility index (Phi) is 6.08. The maximum atomic E-state index is 5.58. The standard InChI is InChI=1S/C32H31NO/c1-22-13-17-25(18-14-22)33(26-19-15-23(2)16-20-26)32-29-11-7-5-9-27(29)31(24(3)21-34-4)28-10-6-8-12-30(28)32/h5-20,24H,21H2,1-4H3. The summed E-state index contributed by atoms with van der Waals surface area (Å²) in [7, 11) is 1.78. The van der Waals surface area contributed by atoms with Crippen LogP contribution in [0.3, 0.4) is 0 Å².